The van der Waals surface area contributed by atoms with E-state index >= 15 is 0 Å². The third-order valence-corrected chi connectivity index (χ3v) is 3.79. The van der Waals surface area contributed by atoms with Gasteiger partial charge in [0, 0.05) is 17.3 Å². The van der Waals surface area contributed by atoms with E-state index in [2.05, 4.69) is 0 Å². The molecule has 3 rings (SSSR count). The molecule has 1 unspecified atom stereocenters. The SMILES string of the molecule is O=C1C2CCCN2C(=O)CN1c1cc(F)cc(Cl)c1. The molecule has 2 amide bonds. The van der Waals surface area contributed by atoms with Crippen LogP contribution in [0.4, 0.5) is 10.1 Å². The summed E-state index contributed by atoms with van der Waals surface area (Å²) in [4.78, 5) is 27.3. The van der Waals surface area contributed by atoms with Gasteiger partial charge in [0.15, 0.2) is 0 Å². The molecule has 1 aromatic carbocycles. The lowest BCUT2D eigenvalue weighted by Crippen LogP contribution is -2.57. The molecule has 2 heterocycles. The quantitative estimate of drug-likeness (QED) is 0.788. The zero-order valence-corrected chi connectivity index (χ0v) is 10.9. The first-order chi connectivity index (χ1) is 9.06. The zero-order chi connectivity index (χ0) is 13.6. The van der Waals surface area contributed by atoms with Crippen molar-refractivity contribution >= 4 is 29.1 Å². The second-order valence-corrected chi connectivity index (χ2v) is 5.23. The van der Waals surface area contributed by atoms with E-state index in [-0.39, 0.29) is 23.4 Å². The second kappa shape index (κ2) is 4.49. The van der Waals surface area contributed by atoms with E-state index in [0.29, 0.717) is 18.7 Å². The summed E-state index contributed by atoms with van der Waals surface area (Å²) in [5, 5.41) is 0.212. The number of hydrogen-bond donors (Lipinski definition) is 0. The first-order valence-electron chi connectivity index (χ1n) is 6.13. The Morgan fingerprint density at radius 1 is 1.26 bits per heavy atom. The molecule has 2 aliphatic heterocycles. The first-order valence-corrected chi connectivity index (χ1v) is 6.51. The predicted octanol–water partition coefficient (Wildman–Crippen LogP) is 1.82. The summed E-state index contributed by atoms with van der Waals surface area (Å²) in [5.74, 6) is -0.766. The highest BCUT2D eigenvalue weighted by molar-refractivity contribution is 6.31. The average Bonchev–Trinajstić information content (AvgIpc) is 2.82. The summed E-state index contributed by atoms with van der Waals surface area (Å²) in [6, 6.07) is 3.49. The Labute approximate surface area is 114 Å². The molecule has 0 radical (unpaired) electrons. The Kier molecular flexibility index (Phi) is 2.93. The van der Waals surface area contributed by atoms with E-state index < -0.39 is 11.9 Å². The Balaban J connectivity index is 1.96. The summed E-state index contributed by atoms with van der Waals surface area (Å²) < 4.78 is 13.4. The minimum Gasteiger partial charge on any atom is -0.329 e. The molecule has 0 bridgehead atoms. The average molecular weight is 283 g/mol. The molecule has 1 atom stereocenters. The van der Waals surface area contributed by atoms with Gasteiger partial charge >= 0.3 is 0 Å². The summed E-state index contributed by atoms with van der Waals surface area (Å²) in [6.07, 6.45) is 1.50. The number of carbonyl (C=O) groups is 2. The van der Waals surface area contributed by atoms with Crippen LogP contribution in [0.25, 0.3) is 0 Å². The van der Waals surface area contributed by atoms with Crippen molar-refractivity contribution in [2.75, 3.05) is 18.0 Å². The predicted molar refractivity (Wildman–Crippen MR) is 68.5 cm³/mol. The summed E-state index contributed by atoms with van der Waals surface area (Å²) >= 11 is 5.79. The van der Waals surface area contributed by atoms with E-state index in [1.165, 1.54) is 23.1 Å². The number of benzene rings is 1. The van der Waals surface area contributed by atoms with Crippen molar-refractivity contribution in [3.8, 4) is 0 Å². The van der Waals surface area contributed by atoms with Crippen molar-refractivity contribution in [3.05, 3.63) is 29.0 Å². The summed E-state index contributed by atoms with van der Waals surface area (Å²) in [7, 11) is 0. The van der Waals surface area contributed by atoms with E-state index in [1.54, 1.807) is 4.90 Å². The van der Waals surface area contributed by atoms with Crippen LogP contribution in [-0.2, 0) is 9.59 Å². The summed E-state index contributed by atoms with van der Waals surface area (Å²) in [6.45, 7) is 0.585. The van der Waals surface area contributed by atoms with Crippen molar-refractivity contribution in [1.82, 2.24) is 4.90 Å². The van der Waals surface area contributed by atoms with Gasteiger partial charge in [0.2, 0.25) is 11.8 Å². The van der Waals surface area contributed by atoms with Gasteiger partial charge < -0.3 is 9.80 Å². The molecule has 0 aromatic heterocycles. The highest BCUT2D eigenvalue weighted by atomic mass is 35.5. The Bertz CT molecular complexity index is 543. The number of rotatable bonds is 1. The van der Waals surface area contributed by atoms with Gasteiger partial charge in [-0.15, -0.1) is 0 Å². The number of piperazine rings is 1. The molecule has 2 fully saturated rings. The lowest BCUT2D eigenvalue weighted by molar-refractivity contribution is -0.140. The normalized spacial score (nSPS) is 22.9. The van der Waals surface area contributed by atoms with Crippen LogP contribution < -0.4 is 4.90 Å². The molecule has 1 aromatic rings. The first kappa shape index (κ1) is 12.4. The van der Waals surface area contributed by atoms with Gasteiger partial charge in [-0.05, 0) is 31.0 Å². The minimum absolute atomic E-state index is 0.0465. The number of carbonyl (C=O) groups excluding carboxylic acids is 2. The molecule has 4 nitrogen and oxygen atoms in total. The van der Waals surface area contributed by atoms with Crippen LogP contribution in [-0.4, -0.2) is 35.8 Å². The van der Waals surface area contributed by atoms with Crippen molar-refractivity contribution < 1.29 is 14.0 Å². The van der Waals surface area contributed by atoms with Gasteiger partial charge in [0.25, 0.3) is 0 Å². The van der Waals surface area contributed by atoms with Crippen molar-refractivity contribution in [2.45, 2.75) is 18.9 Å². The van der Waals surface area contributed by atoms with Gasteiger partial charge in [-0.1, -0.05) is 11.6 Å². The number of fused-ring (bicyclic) bond motifs is 1. The van der Waals surface area contributed by atoms with Crippen LogP contribution in [0.5, 0.6) is 0 Å². The maximum absolute atomic E-state index is 13.4. The fraction of sp³-hybridized carbons (Fsp3) is 0.385. The topological polar surface area (TPSA) is 40.6 Å². The Morgan fingerprint density at radius 3 is 2.79 bits per heavy atom. The van der Waals surface area contributed by atoms with Crippen LogP contribution in [0.15, 0.2) is 18.2 Å². The third-order valence-electron chi connectivity index (χ3n) is 3.58. The lowest BCUT2D eigenvalue weighted by atomic mass is 10.1. The highest BCUT2D eigenvalue weighted by Gasteiger charge is 2.42. The van der Waals surface area contributed by atoms with Crippen LogP contribution in [0.2, 0.25) is 5.02 Å². The fourth-order valence-corrected chi connectivity index (χ4v) is 2.94. The largest absolute Gasteiger partial charge is 0.329 e. The lowest BCUT2D eigenvalue weighted by Gasteiger charge is -2.36. The molecule has 2 aliphatic rings. The zero-order valence-electron chi connectivity index (χ0n) is 10.1. The van der Waals surface area contributed by atoms with Gasteiger partial charge in [0.1, 0.15) is 18.4 Å². The van der Waals surface area contributed by atoms with E-state index in [4.69, 9.17) is 11.6 Å². The van der Waals surface area contributed by atoms with E-state index in [9.17, 15) is 14.0 Å². The number of hydrogen-bond acceptors (Lipinski definition) is 2. The molecule has 0 aliphatic carbocycles. The van der Waals surface area contributed by atoms with Gasteiger partial charge in [0.05, 0.1) is 0 Å². The Morgan fingerprint density at radius 2 is 2.05 bits per heavy atom. The number of amides is 2. The highest BCUT2D eigenvalue weighted by Crippen LogP contribution is 2.29. The molecule has 0 N–H and O–H groups in total. The molecule has 2 saturated heterocycles. The number of halogens is 2. The summed E-state index contributed by atoms with van der Waals surface area (Å²) in [5.41, 5.74) is 0.343. The number of nitrogens with zero attached hydrogens (tertiary/aromatic N) is 2. The van der Waals surface area contributed by atoms with Crippen LogP contribution in [0, 0.1) is 5.82 Å². The smallest absolute Gasteiger partial charge is 0.250 e. The van der Waals surface area contributed by atoms with Crippen LogP contribution >= 0.6 is 11.6 Å². The van der Waals surface area contributed by atoms with E-state index in [0.717, 1.165) is 6.42 Å². The van der Waals surface area contributed by atoms with Gasteiger partial charge in [-0.3, -0.25) is 9.59 Å². The number of anilines is 1. The molecule has 100 valence electrons. The fourth-order valence-electron chi connectivity index (χ4n) is 2.72. The van der Waals surface area contributed by atoms with Crippen molar-refractivity contribution in [3.63, 3.8) is 0 Å². The van der Waals surface area contributed by atoms with Crippen LogP contribution in [0.3, 0.4) is 0 Å². The Hall–Kier alpha value is -1.62. The van der Waals surface area contributed by atoms with Crippen LogP contribution in [0.1, 0.15) is 12.8 Å². The third kappa shape index (κ3) is 2.08. The standard InChI is InChI=1S/C13H12ClFN2O2/c14-8-4-9(15)6-10(5-8)17-7-12(18)16-3-1-2-11(16)13(17)19/h4-6,11H,1-3,7H2. The molecule has 0 saturated carbocycles. The minimum atomic E-state index is -0.517. The molecular weight excluding hydrogens is 271 g/mol. The van der Waals surface area contributed by atoms with Crippen molar-refractivity contribution in [2.24, 2.45) is 0 Å². The van der Waals surface area contributed by atoms with Crippen molar-refractivity contribution in [1.29, 1.82) is 0 Å². The maximum Gasteiger partial charge on any atom is 0.250 e. The second-order valence-electron chi connectivity index (χ2n) is 4.80. The molecular formula is C13H12ClFN2O2. The van der Waals surface area contributed by atoms with Gasteiger partial charge in [-0.2, -0.15) is 0 Å². The maximum atomic E-state index is 13.4. The molecule has 0 spiro atoms. The van der Waals surface area contributed by atoms with Gasteiger partial charge in [-0.25, -0.2) is 4.39 Å². The molecule has 6 heteroatoms. The monoisotopic (exact) mass is 282 g/mol. The molecule has 19 heavy (non-hydrogen) atoms. The van der Waals surface area contributed by atoms with E-state index in [1.807, 2.05) is 0 Å².